The molecule has 0 aliphatic carbocycles. The second kappa shape index (κ2) is 5.94. The molecule has 18 heavy (non-hydrogen) atoms. The molecule has 2 nitrogen and oxygen atoms in total. The van der Waals surface area contributed by atoms with E-state index in [1.807, 2.05) is 0 Å². The van der Waals surface area contributed by atoms with Gasteiger partial charge in [0.2, 0.25) is 0 Å². The summed E-state index contributed by atoms with van der Waals surface area (Å²) in [5.41, 5.74) is 0.720. The highest BCUT2D eigenvalue weighted by molar-refractivity contribution is 5.69. The number of ether oxygens (including phenoxy) is 1. The predicted molar refractivity (Wildman–Crippen MR) is 65.5 cm³/mol. The van der Waals surface area contributed by atoms with Gasteiger partial charge in [-0.1, -0.05) is 32.0 Å². The molecule has 4 heteroatoms. The van der Waals surface area contributed by atoms with E-state index < -0.39 is 11.8 Å². The fraction of sp³-hybridized carbons (Fsp3) is 0.500. The highest BCUT2D eigenvalue weighted by Gasteiger charge is 2.35. The number of esters is 1. The molecule has 0 spiro atoms. The maximum absolute atomic E-state index is 13.8. The van der Waals surface area contributed by atoms with E-state index in [2.05, 4.69) is 4.74 Å². The number of methoxy groups -OCH3 is 1. The molecule has 0 amide bonds. The number of carbonyl (C=O) groups excluding carboxylic acids is 1. The second-order valence-corrected chi connectivity index (χ2v) is 4.55. The molecule has 0 aliphatic rings. The average molecular weight is 256 g/mol. The Labute approximate surface area is 106 Å². The van der Waals surface area contributed by atoms with Crippen molar-refractivity contribution < 1.29 is 18.3 Å². The third-order valence-electron chi connectivity index (χ3n) is 2.88. The molecule has 0 atom stereocenters. The Hall–Kier alpha value is -1.45. The van der Waals surface area contributed by atoms with Crippen LogP contribution in [0.4, 0.5) is 8.78 Å². The van der Waals surface area contributed by atoms with Crippen LogP contribution < -0.4 is 0 Å². The molecular weight excluding hydrogens is 238 g/mol. The summed E-state index contributed by atoms with van der Waals surface area (Å²) in [7, 11) is 1.31. The summed E-state index contributed by atoms with van der Waals surface area (Å²) in [6.45, 7) is 2.97. The zero-order valence-corrected chi connectivity index (χ0v) is 10.9. The van der Waals surface area contributed by atoms with Crippen LogP contribution in [0.5, 0.6) is 0 Å². The number of aryl methyl sites for hydroxylation is 1. The van der Waals surface area contributed by atoms with E-state index in [-0.39, 0.29) is 18.0 Å². The SMILES string of the molecule is COC(=O)CCc1cccc(C(F)(F)C(C)C)c1. The zero-order valence-electron chi connectivity index (χ0n) is 10.9. The van der Waals surface area contributed by atoms with E-state index in [4.69, 9.17) is 0 Å². The van der Waals surface area contributed by atoms with Gasteiger partial charge in [-0.3, -0.25) is 4.79 Å². The Kier molecular flexibility index (Phi) is 4.82. The zero-order chi connectivity index (χ0) is 13.8. The lowest BCUT2D eigenvalue weighted by Gasteiger charge is -2.21. The van der Waals surface area contributed by atoms with Crippen molar-refractivity contribution in [2.75, 3.05) is 7.11 Å². The Bertz CT molecular complexity index is 414. The van der Waals surface area contributed by atoms with Crippen molar-refractivity contribution in [1.82, 2.24) is 0 Å². The van der Waals surface area contributed by atoms with Crippen molar-refractivity contribution in [1.29, 1.82) is 0 Å². The summed E-state index contributed by atoms with van der Waals surface area (Å²) in [5, 5.41) is 0. The Morgan fingerprint density at radius 1 is 1.39 bits per heavy atom. The first-order chi connectivity index (χ1) is 8.37. The van der Waals surface area contributed by atoms with Crippen LogP contribution >= 0.6 is 0 Å². The Morgan fingerprint density at radius 3 is 2.61 bits per heavy atom. The third kappa shape index (κ3) is 3.52. The van der Waals surface area contributed by atoms with E-state index in [1.54, 1.807) is 12.1 Å². The monoisotopic (exact) mass is 256 g/mol. The first-order valence-corrected chi connectivity index (χ1v) is 5.92. The van der Waals surface area contributed by atoms with E-state index >= 15 is 0 Å². The molecule has 0 unspecified atom stereocenters. The van der Waals surface area contributed by atoms with Crippen LogP contribution in [0.2, 0.25) is 0 Å². The summed E-state index contributed by atoms with van der Waals surface area (Å²) >= 11 is 0. The number of benzene rings is 1. The Balaban J connectivity index is 2.83. The van der Waals surface area contributed by atoms with Crippen LogP contribution in [0.1, 0.15) is 31.4 Å². The maximum Gasteiger partial charge on any atom is 0.305 e. The minimum absolute atomic E-state index is 0.000124. The van der Waals surface area contributed by atoms with Crippen molar-refractivity contribution in [3.8, 4) is 0 Å². The molecule has 0 saturated heterocycles. The molecule has 0 saturated carbocycles. The summed E-state index contributed by atoms with van der Waals surface area (Å²) in [4.78, 5) is 11.0. The van der Waals surface area contributed by atoms with Gasteiger partial charge < -0.3 is 4.74 Å². The molecule has 0 heterocycles. The molecular formula is C14H18F2O2. The molecule has 1 aromatic carbocycles. The van der Waals surface area contributed by atoms with Gasteiger partial charge in [0.25, 0.3) is 5.92 Å². The fourth-order valence-corrected chi connectivity index (χ4v) is 1.62. The van der Waals surface area contributed by atoms with Gasteiger partial charge in [0.1, 0.15) is 0 Å². The van der Waals surface area contributed by atoms with Crippen molar-refractivity contribution in [3.63, 3.8) is 0 Å². The lowest BCUT2D eigenvalue weighted by Crippen LogP contribution is -2.21. The van der Waals surface area contributed by atoms with Crippen LogP contribution in [0.25, 0.3) is 0 Å². The smallest absolute Gasteiger partial charge is 0.305 e. The maximum atomic E-state index is 13.8. The summed E-state index contributed by atoms with van der Waals surface area (Å²) in [6, 6.07) is 6.21. The number of halogens is 2. The molecule has 1 rings (SSSR count). The number of hydrogen-bond donors (Lipinski definition) is 0. The van der Waals surface area contributed by atoms with Gasteiger partial charge in [0.15, 0.2) is 0 Å². The van der Waals surface area contributed by atoms with Crippen molar-refractivity contribution in [2.45, 2.75) is 32.6 Å². The molecule has 0 N–H and O–H groups in total. The summed E-state index contributed by atoms with van der Waals surface area (Å²) in [6.07, 6.45) is 0.613. The largest absolute Gasteiger partial charge is 0.469 e. The van der Waals surface area contributed by atoms with Gasteiger partial charge in [0.05, 0.1) is 7.11 Å². The molecule has 0 radical (unpaired) electrons. The van der Waals surface area contributed by atoms with Crippen molar-refractivity contribution in [3.05, 3.63) is 35.4 Å². The first kappa shape index (κ1) is 14.6. The van der Waals surface area contributed by atoms with Gasteiger partial charge in [-0.25, -0.2) is 8.78 Å². The normalized spacial score (nSPS) is 11.7. The molecule has 0 aromatic heterocycles. The van der Waals surface area contributed by atoms with E-state index in [0.717, 1.165) is 5.56 Å². The fourth-order valence-electron chi connectivity index (χ4n) is 1.62. The van der Waals surface area contributed by atoms with Gasteiger partial charge in [-0.05, 0) is 18.1 Å². The van der Waals surface area contributed by atoms with Gasteiger partial charge in [0, 0.05) is 17.9 Å². The number of rotatable bonds is 5. The average Bonchev–Trinajstić information content (AvgIpc) is 2.36. The lowest BCUT2D eigenvalue weighted by atomic mass is 9.95. The molecule has 0 aliphatic heterocycles. The minimum atomic E-state index is -2.85. The highest BCUT2D eigenvalue weighted by Crippen LogP contribution is 2.35. The predicted octanol–water partition coefficient (Wildman–Crippen LogP) is 3.54. The minimum Gasteiger partial charge on any atom is -0.469 e. The Morgan fingerprint density at radius 2 is 2.06 bits per heavy atom. The summed E-state index contributed by atoms with van der Waals surface area (Å²) in [5.74, 6) is -3.94. The van der Waals surface area contributed by atoms with Crippen LogP contribution in [0.3, 0.4) is 0 Å². The van der Waals surface area contributed by atoms with E-state index in [1.165, 1.54) is 33.1 Å². The highest BCUT2D eigenvalue weighted by atomic mass is 19.3. The first-order valence-electron chi connectivity index (χ1n) is 5.92. The number of alkyl halides is 2. The molecule has 1 aromatic rings. The topological polar surface area (TPSA) is 26.3 Å². The van der Waals surface area contributed by atoms with E-state index in [0.29, 0.717) is 6.42 Å². The molecule has 100 valence electrons. The third-order valence-corrected chi connectivity index (χ3v) is 2.88. The quantitative estimate of drug-likeness (QED) is 0.753. The number of hydrogen-bond acceptors (Lipinski definition) is 2. The van der Waals surface area contributed by atoms with Crippen molar-refractivity contribution in [2.24, 2.45) is 5.92 Å². The van der Waals surface area contributed by atoms with Gasteiger partial charge in [-0.2, -0.15) is 0 Å². The van der Waals surface area contributed by atoms with Crippen LogP contribution in [0.15, 0.2) is 24.3 Å². The van der Waals surface area contributed by atoms with E-state index in [9.17, 15) is 13.6 Å². The number of carbonyl (C=O) groups is 1. The molecule has 0 fully saturated rings. The standard InChI is InChI=1S/C14H18F2O2/c1-10(2)14(15,16)12-6-4-5-11(9-12)7-8-13(17)18-3/h4-6,9-10H,7-8H2,1-3H3. The van der Waals surface area contributed by atoms with Crippen LogP contribution in [-0.4, -0.2) is 13.1 Å². The second-order valence-electron chi connectivity index (χ2n) is 4.55. The lowest BCUT2D eigenvalue weighted by molar-refractivity contribution is -0.140. The van der Waals surface area contributed by atoms with Crippen LogP contribution in [0, 0.1) is 5.92 Å². The molecule has 0 bridgehead atoms. The van der Waals surface area contributed by atoms with Crippen molar-refractivity contribution >= 4 is 5.97 Å². The van der Waals surface area contributed by atoms with Gasteiger partial charge >= 0.3 is 5.97 Å². The van der Waals surface area contributed by atoms with Gasteiger partial charge in [-0.15, -0.1) is 0 Å². The summed E-state index contributed by atoms with van der Waals surface area (Å²) < 4.78 is 32.2. The van der Waals surface area contributed by atoms with Crippen LogP contribution in [-0.2, 0) is 21.9 Å².